The van der Waals surface area contributed by atoms with Gasteiger partial charge in [-0.1, -0.05) is 0 Å². The van der Waals surface area contributed by atoms with E-state index < -0.39 is 18.6 Å². The molecular formula is C11H14F3NO3. The van der Waals surface area contributed by atoms with Crippen molar-refractivity contribution in [1.82, 2.24) is 5.32 Å². The Balaban J connectivity index is 2.24. The number of ether oxygens (including phenoxy) is 1. The predicted octanol–water partition coefficient (Wildman–Crippen LogP) is 2.50. The first kappa shape index (κ1) is 14.6. The zero-order valence-electron chi connectivity index (χ0n) is 9.84. The van der Waals surface area contributed by atoms with Crippen molar-refractivity contribution < 1.29 is 27.1 Å². The van der Waals surface area contributed by atoms with Crippen LogP contribution in [0.4, 0.5) is 13.2 Å². The van der Waals surface area contributed by atoms with Gasteiger partial charge in [0, 0.05) is 6.42 Å². The molecule has 1 heterocycles. The molecule has 4 nitrogen and oxygen atoms in total. The maximum absolute atomic E-state index is 11.8. The summed E-state index contributed by atoms with van der Waals surface area (Å²) < 4.78 is 45.1. The quantitative estimate of drug-likeness (QED) is 0.634. The SMILES string of the molecule is COC(=O)c1ccc(CNCCCC(F)(F)F)o1. The van der Waals surface area contributed by atoms with Gasteiger partial charge in [-0.3, -0.25) is 0 Å². The molecule has 0 aliphatic carbocycles. The van der Waals surface area contributed by atoms with Gasteiger partial charge in [0.15, 0.2) is 0 Å². The maximum Gasteiger partial charge on any atom is 0.389 e. The van der Waals surface area contributed by atoms with Gasteiger partial charge in [0.2, 0.25) is 5.76 Å². The molecule has 7 heteroatoms. The lowest BCUT2D eigenvalue weighted by Gasteiger charge is -2.06. The highest BCUT2D eigenvalue weighted by Crippen LogP contribution is 2.20. The molecule has 0 atom stereocenters. The Kier molecular flexibility index (Phi) is 5.21. The molecule has 0 aromatic carbocycles. The van der Waals surface area contributed by atoms with Crippen molar-refractivity contribution in [3.63, 3.8) is 0 Å². The van der Waals surface area contributed by atoms with E-state index in [-0.39, 0.29) is 25.3 Å². The molecule has 102 valence electrons. The fraction of sp³-hybridized carbons (Fsp3) is 0.545. The maximum atomic E-state index is 11.8. The van der Waals surface area contributed by atoms with Crippen molar-refractivity contribution in [1.29, 1.82) is 0 Å². The van der Waals surface area contributed by atoms with Crippen LogP contribution in [-0.4, -0.2) is 25.8 Å². The lowest BCUT2D eigenvalue weighted by atomic mass is 10.3. The second-order valence-electron chi connectivity index (χ2n) is 3.65. The van der Waals surface area contributed by atoms with Gasteiger partial charge >= 0.3 is 12.1 Å². The van der Waals surface area contributed by atoms with Crippen LogP contribution in [0.2, 0.25) is 0 Å². The number of esters is 1. The molecule has 18 heavy (non-hydrogen) atoms. The number of furan rings is 1. The zero-order valence-corrected chi connectivity index (χ0v) is 9.84. The van der Waals surface area contributed by atoms with Gasteiger partial charge in [-0.2, -0.15) is 13.2 Å². The smallest absolute Gasteiger partial charge is 0.389 e. The first-order chi connectivity index (χ1) is 8.42. The third-order valence-electron chi connectivity index (χ3n) is 2.16. The molecule has 0 saturated heterocycles. The third-order valence-corrected chi connectivity index (χ3v) is 2.16. The summed E-state index contributed by atoms with van der Waals surface area (Å²) in [7, 11) is 1.24. The fourth-order valence-corrected chi connectivity index (χ4v) is 1.31. The fourth-order valence-electron chi connectivity index (χ4n) is 1.31. The Labute approximate surface area is 102 Å². The summed E-state index contributed by atoms with van der Waals surface area (Å²) in [5.74, 6) is -0.0367. The first-order valence-electron chi connectivity index (χ1n) is 5.37. The molecule has 0 amide bonds. The second kappa shape index (κ2) is 6.44. The van der Waals surface area contributed by atoms with E-state index in [9.17, 15) is 18.0 Å². The average Bonchev–Trinajstić information content (AvgIpc) is 2.75. The van der Waals surface area contributed by atoms with Crippen LogP contribution in [0.3, 0.4) is 0 Å². The number of carbonyl (C=O) groups is 1. The Morgan fingerprint density at radius 1 is 1.44 bits per heavy atom. The van der Waals surface area contributed by atoms with E-state index in [1.807, 2.05) is 0 Å². The number of hydrogen-bond donors (Lipinski definition) is 1. The molecule has 1 rings (SSSR count). The Morgan fingerprint density at radius 2 is 2.17 bits per heavy atom. The van der Waals surface area contributed by atoms with Gasteiger partial charge in [-0.05, 0) is 25.1 Å². The number of methoxy groups -OCH3 is 1. The number of alkyl halides is 3. The number of rotatable bonds is 6. The predicted molar refractivity (Wildman–Crippen MR) is 57.0 cm³/mol. The molecule has 0 aliphatic heterocycles. The summed E-state index contributed by atoms with van der Waals surface area (Å²) >= 11 is 0. The summed E-state index contributed by atoms with van der Waals surface area (Å²) in [5.41, 5.74) is 0. The van der Waals surface area contributed by atoms with Crippen LogP contribution < -0.4 is 5.32 Å². The standard InChI is InChI=1S/C11H14F3NO3/c1-17-10(16)9-4-3-8(18-9)7-15-6-2-5-11(12,13)14/h3-4,15H,2,5-7H2,1H3. The van der Waals surface area contributed by atoms with Crippen molar-refractivity contribution >= 4 is 5.97 Å². The minimum absolute atomic E-state index is 0.00800. The number of nitrogens with one attached hydrogen (secondary N) is 1. The summed E-state index contributed by atoms with van der Waals surface area (Å²) in [6.07, 6.45) is -4.93. The van der Waals surface area contributed by atoms with Gasteiger partial charge in [0.05, 0.1) is 13.7 Å². The molecule has 0 aliphatic rings. The van der Waals surface area contributed by atoms with Gasteiger partial charge in [-0.15, -0.1) is 0 Å². The van der Waals surface area contributed by atoms with Crippen LogP contribution in [0.1, 0.15) is 29.2 Å². The summed E-state index contributed by atoms with van der Waals surface area (Å²) in [5, 5.41) is 2.80. The highest BCUT2D eigenvalue weighted by Gasteiger charge is 2.25. The molecule has 1 aromatic heterocycles. The zero-order chi connectivity index (χ0) is 13.6. The topological polar surface area (TPSA) is 51.5 Å². The van der Waals surface area contributed by atoms with E-state index in [1.165, 1.54) is 13.2 Å². The van der Waals surface area contributed by atoms with E-state index in [0.29, 0.717) is 5.76 Å². The minimum atomic E-state index is -4.12. The van der Waals surface area contributed by atoms with Crippen LogP contribution in [0, 0.1) is 0 Å². The highest BCUT2D eigenvalue weighted by atomic mass is 19.4. The van der Waals surface area contributed by atoms with Gasteiger partial charge < -0.3 is 14.5 Å². The Morgan fingerprint density at radius 3 is 2.78 bits per heavy atom. The van der Waals surface area contributed by atoms with E-state index in [4.69, 9.17) is 4.42 Å². The molecule has 0 fully saturated rings. The molecule has 0 radical (unpaired) electrons. The summed E-state index contributed by atoms with van der Waals surface area (Å²) in [6.45, 7) is 0.503. The van der Waals surface area contributed by atoms with Crippen LogP contribution in [0.5, 0.6) is 0 Å². The van der Waals surface area contributed by atoms with Crippen LogP contribution in [0.15, 0.2) is 16.5 Å². The van der Waals surface area contributed by atoms with Crippen molar-refractivity contribution in [3.05, 3.63) is 23.7 Å². The van der Waals surface area contributed by atoms with Gasteiger partial charge in [-0.25, -0.2) is 4.79 Å². The molecule has 0 spiro atoms. The second-order valence-corrected chi connectivity index (χ2v) is 3.65. The molecule has 0 bridgehead atoms. The number of carbonyl (C=O) groups excluding carboxylic acids is 1. The summed E-state index contributed by atoms with van der Waals surface area (Å²) in [6, 6.07) is 3.03. The highest BCUT2D eigenvalue weighted by molar-refractivity contribution is 5.86. The number of hydrogen-bond acceptors (Lipinski definition) is 4. The van der Waals surface area contributed by atoms with Crippen molar-refractivity contribution in [2.24, 2.45) is 0 Å². The summed E-state index contributed by atoms with van der Waals surface area (Å²) in [4.78, 5) is 11.1. The first-order valence-corrected chi connectivity index (χ1v) is 5.37. The molecule has 0 saturated carbocycles. The lowest BCUT2D eigenvalue weighted by molar-refractivity contribution is -0.135. The van der Waals surface area contributed by atoms with Crippen LogP contribution >= 0.6 is 0 Å². The van der Waals surface area contributed by atoms with E-state index in [2.05, 4.69) is 10.1 Å². The Hall–Kier alpha value is -1.50. The molecular weight excluding hydrogens is 251 g/mol. The third kappa shape index (κ3) is 5.22. The van der Waals surface area contributed by atoms with E-state index in [1.54, 1.807) is 6.07 Å². The van der Waals surface area contributed by atoms with Crippen molar-refractivity contribution in [3.8, 4) is 0 Å². The van der Waals surface area contributed by atoms with E-state index >= 15 is 0 Å². The monoisotopic (exact) mass is 265 g/mol. The normalized spacial score (nSPS) is 11.6. The molecule has 1 aromatic rings. The van der Waals surface area contributed by atoms with Gasteiger partial charge in [0.1, 0.15) is 5.76 Å². The Bertz CT molecular complexity index is 387. The lowest BCUT2D eigenvalue weighted by Crippen LogP contribution is -2.17. The molecule has 0 unspecified atom stereocenters. The largest absolute Gasteiger partial charge is 0.463 e. The van der Waals surface area contributed by atoms with Crippen molar-refractivity contribution in [2.45, 2.75) is 25.6 Å². The minimum Gasteiger partial charge on any atom is -0.463 e. The molecule has 1 N–H and O–H groups in total. The van der Waals surface area contributed by atoms with Crippen molar-refractivity contribution in [2.75, 3.05) is 13.7 Å². The van der Waals surface area contributed by atoms with Crippen LogP contribution in [0.25, 0.3) is 0 Å². The number of halogens is 3. The van der Waals surface area contributed by atoms with Crippen LogP contribution in [-0.2, 0) is 11.3 Å². The average molecular weight is 265 g/mol. The van der Waals surface area contributed by atoms with E-state index in [0.717, 1.165) is 0 Å². The van der Waals surface area contributed by atoms with Gasteiger partial charge in [0.25, 0.3) is 0 Å².